The number of nitrogen functional groups attached to an aromatic ring is 1. The molecule has 16 heteroatoms. The van der Waals surface area contributed by atoms with Gasteiger partial charge in [-0.3, -0.25) is 14.5 Å². The van der Waals surface area contributed by atoms with E-state index in [0.29, 0.717) is 18.0 Å². The van der Waals surface area contributed by atoms with Crippen molar-refractivity contribution in [1.82, 2.24) is 19.6 Å². The smallest absolute Gasteiger partial charge is 0.336 e. The van der Waals surface area contributed by atoms with Crippen molar-refractivity contribution in [2.45, 2.75) is 49.7 Å². The van der Waals surface area contributed by atoms with E-state index in [1.54, 1.807) is 17.0 Å². The number of anilines is 1. The van der Waals surface area contributed by atoms with Crippen molar-refractivity contribution in [1.29, 1.82) is 0 Å². The molecule has 204 valence electrons. The van der Waals surface area contributed by atoms with Gasteiger partial charge in [0.15, 0.2) is 24.1 Å². The first kappa shape index (κ1) is 26.7. The Labute approximate surface area is 230 Å². The van der Waals surface area contributed by atoms with Crippen molar-refractivity contribution in [2.75, 3.05) is 18.0 Å². The van der Waals surface area contributed by atoms with Crippen molar-refractivity contribution in [3.05, 3.63) is 52.1 Å². The lowest BCUT2D eigenvalue weighted by Gasteiger charge is -2.50. The minimum absolute atomic E-state index is 0.0203. The molecule has 0 aromatic carbocycles. The zero-order chi connectivity index (χ0) is 27.5. The standard InChI is InChI=1S/C23H24N8O6S2/c24-23-27-18(29-39-23)16(28-37-14-3-1-2-4-14)19(32)26-17-20(33)31-15(9-25-36)13(11-38-21(17)31)10-30-7-5-12(6-8-30)22(34)35/h5-8,14,17,21H,1-4,9-11H2,(H3-,24,26,27,29,32,34,35)/p+1/t17?,21-/m0/s1. The second kappa shape index (κ2) is 11.4. The molecule has 2 fully saturated rings. The Kier molecular flexibility index (Phi) is 7.83. The zero-order valence-electron chi connectivity index (χ0n) is 20.6. The van der Waals surface area contributed by atoms with Gasteiger partial charge in [-0.05, 0) is 25.7 Å². The third kappa shape index (κ3) is 5.61. The number of aromatic carboxylic acids is 1. The van der Waals surface area contributed by atoms with Crippen LogP contribution in [0.1, 0.15) is 41.9 Å². The zero-order valence-corrected chi connectivity index (χ0v) is 22.2. The fourth-order valence-electron chi connectivity index (χ4n) is 4.65. The number of pyridine rings is 1. The number of carboxylic acids is 1. The van der Waals surface area contributed by atoms with Crippen LogP contribution in [0.15, 0.2) is 46.1 Å². The summed E-state index contributed by atoms with van der Waals surface area (Å²) in [6.07, 6.45) is 6.86. The topological polar surface area (TPSA) is 193 Å². The lowest BCUT2D eigenvalue weighted by atomic mass is 10.0. The number of thioether (sulfide) groups is 1. The quantitative estimate of drug-likeness (QED) is 0.121. The molecule has 0 bridgehead atoms. The number of fused-ring (bicyclic) bond motifs is 1. The number of nitrogens with zero attached hydrogens (tertiary/aromatic N) is 6. The SMILES string of the molecule is Nc1nc(C(=NOC2CCCC2)C(=O)NC2C(=O)N3C(CN=O)=C(C[n+]4ccc(C(=O)O)cc4)CS[C@@H]23)ns1. The number of hydrogen-bond acceptors (Lipinski definition) is 12. The molecule has 2 aromatic rings. The highest BCUT2D eigenvalue weighted by molar-refractivity contribution is 8.00. The number of hydrogen-bond donors (Lipinski definition) is 3. The van der Waals surface area contributed by atoms with Gasteiger partial charge in [-0.2, -0.15) is 14.3 Å². The van der Waals surface area contributed by atoms with Crippen LogP contribution in [0.4, 0.5) is 5.13 Å². The Bertz CT molecular complexity index is 1350. The Morgan fingerprint density at radius 2 is 2.03 bits per heavy atom. The number of aromatic nitrogens is 3. The molecule has 1 aliphatic carbocycles. The highest BCUT2D eigenvalue weighted by Crippen LogP contribution is 2.40. The lowest BCUT2D eigenvalue weighted by molar-refractivity contribution is -0.689. The van der Waals surface area contributed by atoms with Gasteiger partial charge in [-0.1, -0.05) is 10.3 Å². The molecule has 2 aliphatic heterocycles. The molecule has 1 unspecified atom stereocenters. The summed E-state index contributed by atoms with van der Waals surface area (Å²) in [7, 11) is 0. The van der Waals surface area contributed by atoms with Gasteiger partial charge < -0.3 is 21.0 Å². The van der Waals surface area contributed by atoms with Crippen molar-refractivity contribution in [3.63, 3.8) is 0 Å². The second-order valence-corrected chi connectivity index (χ2v) is 11.1. The van der Waals surface area contributed by atoms with E-state index in [1.807, 2.05) is 0 Å². The summed E-state index contributed by atoms with van der Waals surface area (Å²) in [6.45, 7) is 0.133. The van der Waals surface area contributed by atoms with E-state index in [9.17, 15) is 19.3 Å². The Morgan fingerprint density at radius 1 is 1.28 bits per heavy atom. The summed E-state index contributed by atoms with van der Waals surface area (Å²) in [5.74, 6) is -1.58. The highest BCUT2D eigenvalue weighted by Gasteiger charge is 2.53. The van der Waals surface area contributed by atoms with Gasteiger partial charge in [0, 0.05) is 35.0 Å². The van der Waals surface area contributed by atoms with E-state index in [0.717, 1.165) is 42.8 Å². The molecule has 4 N–H and O–H groups in total. The lowest BCUT2D eigenvalue weighted by Crippen LogP contribution is -2.70. The minimum Gasteiger partial charge on any atom is -0.478 e. The van der Waals surface area contributed by atoms with Gasteiger partial charge in [0.1, 0.15) is 24.1 Å². The molecule has 2 amide bonds. The largest absolute Gasteiger partial charge is 0.478 e. The summed E-state index contributed by atoms with van der Waals surface area (Å²) in [4.78, 5) is 59.9. The van der Waals surface area contributed by atoms with Crippen LogP contribution >= 0.6 is 23.3 Å². The molecular weight excluding hydrogens is 548 g/mol. The minimum atomic E-state index is -1.03. The van der Waals surface area contributed by atoms with E-state index in [-0.39, 0.29) is 40.8 Å². The van der Waals surface area contributed by atoms with E-state index >= 15 is 0 Å². The Balaban J connectivity index is 1.31. The van der Waals surface area contributed by atoms with Gasteiger partial charge in [-0.25, -0.2) is 9.36 Å². The van der Waals surface area contributed by atoms with Crippen molar-refractivity contribution < 1.29 is 28.9 Å². The molecule has 1 saturated heterocycles. The second-order valence-electron chi connectivity index (χ2n) is 9.17. The molecule has 5 rings (SSSR count). The maximum atomic E-state index is 13.2. The average Bonchev–Trinajstić information content (AvgIpc) is 3.60. The number of carbonyl (C=O) groups is 3. The number of β-lactam (4-membered cyclic amide) rings is 1. The maximum absolute atomic E-state index is 13.2. The molecular formula is C23H25N8O6S2+. The van der Waals surface area contributed by atoms with Crippen LogP contribution in [0.5, 0.6) is 0 Å². The monoisotopic (exact) mass is 573 g/mol. The number of carbonyl (C=O) groups excluding carboxylic acids is 2. The predicted octanol–water partition coefficient (Wildman–Crippen LogP) is 0.890. The van der Waals surface area contributed by atoms with Crippen LogP contribution in [-0.2, 0) is 21.0 Å². The van der Waals surface area contributed by atoms with Crippen LogP contribution < -0.4 is 15.6 Å². The summed E-state index contributed by atoms with van der Waals surface area (Å²) in [6, 6.07) is 2.08. The van der Waals surface area contributed by atoms with E-state index in [2.05, 4.69) is 25.0 Å². The van der Waals surface area contributed by atoms with Crippen LogP contribution in [0.3, 0.4) is 0 Å². The highest BCUT2D eigenvalue weighted by atomic mass is 32.2. The van der Waals surface area contributed by atoms with E-state index in [4.69, 9.17) is 15.7 Å². The number of amides is 2. The predicted molar refractivity (Wildman–Crippen MR) is 141 cm³/mol. The Hall–Kier alpha value is -3.92. The summed E-state index contributed by atoms with van der Waals surface area (Å²) in [5, 5.41) is 18.6. The molecule has 14 nitrogen and oxygen atoms in total. The van der Waals surface area contributed by atoms with Gasteiger partial charge in [0.2, 0.25) is 11.5 Å². The number of nitroso groups, excluding NO2 is 1. The van der Waals surface area contributed by atoms with Crippen molar-refractivity contribution in [3.8, 4) is 0 Å². The number of nitrogens with one attached hydrogen (secondary N) is 1. The molecule has 0 radical (unpaired) electrons. The number of nitrogens with two attached hydrogens (primary N) is 1. The number of oxime groups is 1. The summed E-state index contributed by atoms with van der Waals surface area (Å²) < 4.78 is 5.84. The first-order chi connectivity index (χ1) is 18.9. The maximum Gasteiger partial charge on any atom is 0.336 e. The molecule has 1 saturated carbocycles. The fourth-order valence-corrected chi connectivity index (χ4v) is 6.47. The van der Waals surface area contributed by atoms with E-state index < -0.39 is 23.3 Å². The summed E-state index contributed by atoms with van der Waals surface area (Å²) in [5.41, 5.74) is 6.97. The van der Waals surface area contributed by atoms with Crippen molar-refractivity contribution >= 4 is 51.9 Å². The Morgan fingerprint density at radius 3 is 2.67 bits per heavy atom. The number of rotatable bonds is 10. The van der Waals surface area contributed by atoms with Crippen LogP contribution in [-0.4, -0.2) is 72.7 Å². The first-order valence-corrected chi connectivity index (χ1v) is 14.0. The van der Waals surface area contributed by atoms with Gasteiger partial charge in [-0.15, -0.1) is 11.8 Å². The molecule has 2 atom stereocenters. The van der Waals surface area contributed by atoms with Crippen LogP contribution in [0.2, 0.25) is 0 Å². The molecule has 4 heterocycles. The van der Waals surface area contributed by atoms with Gasteiger partial charge in [0.25, 0.3) is 11.8 Å². The van der Waals surface area contributed by atoms with Crippen LogP contribution in [0, 0.1) is 4.91 Å². The average molecular weight is 574 g/mol. The van der Waals surface area contributed by atoms with Gasteiger partial charge >= 0.3 is 5.97 Å². The summed E-state index contributed by atoms with van der Waals surface area (Å²) >= 11 is 2.36. The third-order valence-electron chi connectivity index (χ3n) is 6.65. The molecule has 2 aromatic heterocycles. The molecule has 3 aliphatic rings. The fraction of sp³-hybridized carbons (Fsp3) is 0.435. The van der Waals surface area contributed by atoms with Gasteiger partial charge in [0.05, 0.1) is 11.3 Å². The van der Waals surface area contributed by atoms with Crippen LogP contribution in [0.25, 0.3) is 0 Å². The first-order valence-electron chi connectivity index (χ1n) is 12.2. The normalized spacial score (nSPS) is 21.4. The van der Waals surface area contributed by atoms with E-state index in [1.165, 1.54) is 28.8 Å². The molecule has 0 spiro atoms. The number of carboxylic acid groups (broad SMARTS) is 1. The van der Waals surface area contributed by atoms with Crippen molar-refractivity contribution in [2.24, 2.45) is 10.3 Å². The molecule has 39 heavy (non-hydrogen) atoms. The third-order valence-corrected chi connectivity index (χ3v) is 8.53.